The van der Waals surface area contributed by atoms with Gasteiger partial charge in [-0.3, -0.25) is 4.79 Å². The van der Waals surface area contributed by atoms with E-state index < -0.39 is 0 Å². The molecule has 0 radical (unpaired) electrons. The number of carbonyl (C=O) groups is 1. The highest BCUT2D eigenvalue weighted by Gasteiger charge is 2.16. The van der Waals surface area contributed by atoms with Gasteiger partial charge in [0, 0.05) is 17.5 Å². The maximum atomic E-state index is 12.7. The van der Waals surface area contributed by atoms with Crippen molar-refractivity contribution >= 4 is 5.91 Å². The average Bonchev–Trinajstić information content (AvgIpc) is 3.02. The summed E-state index contributed by atoms with van der Waals surface area (Å²) in [7, 11) is 0. The van der Waals surface area contributed by atoms with Crippen molar-refractivity contribution in [2.45, 2.75) is 19.9 Å². The highest BCUT2D eigenvalue weighted by Crippen LogP contribution is 2.23. The van der Waals surface area contributed by atoms with E-state index in [1.807, 2.05) is 68.4 Å². The van der Waals surface area contributed by atoms with E-state index in [0.717, 1.165) is 22.6 Å². The first kappa shape index (κ1) is 15.0. The quantitative estimate of drug-likeness (QED) is 0.768. The van der Waals surface area contributed by atoms with Crippen LogP contribution in [0, 0.1) is 6.92 Å². The molecule has 0 saturated carbocycles. The first-order chi connectivity index (χ1) is 11.1. The van der Waals surface area contributed by atoms with Crippen LogP contribution in [0.4, 0.5) is 0 Å². The molecule has 0 spiro atoms. The van der Waals surface area contributed by atoms with E-state index in [9.17, 15) is 4.79 Å². The van der Waals surface area contributed by atoms with Crippen molar-refractivity contribution in [1.82, 2.24) is 15.3 Å². The zero-order chi connectivity index (χ0) is 16.2. The van der Waals surface area contributed by atoms with Gasteiger partial charge in [-0.25, -0.2) is 4.98 Å². The number of rotatable bonds is 4. The molecule has 1 heterocycles. The number of amides is 1. The molecule has 0 fully saturated rings. The Morgan fingerprint density at radius 2 is 1.78 bits per heavy atom. The number of hydrogen-bond donors (Lipinski definition) is 2. The highest BCUT2D eigenvalue weighted by atomic mass is 16.1. The third-order valence-electron chi connectivity index (χ3n) is 3.74. The van der Waals surface area contributed by atoms with Crippen LogP contribution in [0.5, 0.6) is 0 Å². The molecule has 3 rings (SSSR count). The van der Waals surface area contributed by atoms with Gasteiger partial charge in [-0.05, 0) is 31.0 Å². The van der Waals surface area contributed by atoms with E-state index in [0.29, 0.717) is 5.56 Å². The van der Waals surface area contributed by atoms with Crippen LogP contribution in [0.25, 0.3) is 11.1 Å². The van der Waals surface area contributed by atoms with Gasteiger partial charge in [-0.2, -0.15) is 0 Å². The molecule has 1 amide bonds. The molecule has 0 bridgehead atoms. The minimum absolute atomic E-state index is 0.106. The fraction of sp³-hybridized carbons (Fsp3) is 0.158. The van der Waals surface area contributed by atoms with Crippen molar-refractivity contribution in [3.63, 3.8) is 0 Å². The second-order valence-corrected chi connectivity index (χ2v) is 5.56. The SMILES string of the molecule is Cc1cnc([C@@H](C)NC(=O)c2ccccc2-c2ccccc2)[nH]1. The monoisotopic (exact) mass is 305 g/mol. The van der Waals surface area contributed by atoms with Gasteiger partial charge in [0.2, 0.25) is 0 Å². The Kier molecular flexibility index (Phi) is 4.24. The Hall–Kier alpha value is -2.88. The summed E-state index contributed by atoms with van der Waals surface area (Å²) < 4.78 is 0. The van der Waals surface area contributed by atoms with Gasteiger partial charge in [0.15, 0.2) is 0 Å². The van der Waals surface area contributed by atoms with Crippen LogP contribution in [0.15, 0.2) is 60.8 Å². The molecular formula is C19H19N3O. The summed E-state index contributed by atoms with van der Waals surface area (Å²) in [6.07, 6.45) is 1.76. The number of carbonyl (C=O) groups excluding carboxylic acids is 1. The van der Waals surface area contributed by atoms with Crippen LogP contribution < -0.4 is 5.32 Å². The molecule has 0 aliphatic rings. The van der Waals surface area contributed by atoms with Crippen molar-refractivity contribution in [2.24, 2.45) is 0 Å². The molecule has 3 aromatic rings. The summed E-state index contributed by atoms with van der Waals surface area (Å²) in [5, 5.41) is 3.00. The summed E-state index contributed by atoms with van der Waals surface area (Å²) >= 11 is 0. The predicted octanol–water partition coefficient (Wildman–Crippen LogP) is 3.88. The molecule has 0 saturated heterocycles. The molecule has 1 aromatic heterocycles. The summed E-state index contributed by atoms with van der Waals surface area (Å²) in [4.78, 5) is 20.1. The van der Waals surface area contributed by atoms with Gasteiger partial charge in [-0.1, -0.05) is 48.5 Å². The van der Waals surface area contributed by atoms with Crippen LogP contribution in [0.2, 0.25) is 0 Å². The van der Waals surface area contributed by atoms with Gasteiger partial charge in [0.05, 0.1) is 6.04 Å². The normalized spacial score (nSPS) is 11.9. The maximum Gasteiger partial charge on any atom is 0.252 e. The Labute approximate surface area is 135 Å². The lowest BCUT2D eigenvalue weighted by atomic mass is 9.99. The topological polar surface area (TPSA) is 57.8 Å². The second kappa shape index (κ2) is 6.48. The molecule has 116 valence electrons. The Morgan fingerprint density at radius 3 is 2.48 bits per heavy atom. The molecule has 2 N–H and O–H groups in total. The van der Waals surface area contributed by atoms with Crippen molar-refractivity contribution in [3.8, 4) is 11.1 Å². The molecule has 0 aliphatic heterocycles. The number of nitrogens with zero attached hydrogens (tertiary/aromatic N) is 1. The number of H-pyrrole nitrogens is 1. The van der Waals surface area contributed by atoms with Gasteiger partial charge in [0.25, 0.3) is 5.91 Å². The summed E-state index contributed by atoms with van der Waals surface area (Å²) in [5.74, 6) is 0.652. The van der Waals surface area contributed by atoms with E-state index in [1.54, 1.807) is 6.20 Å². The number of benzene rings is 2. The van der Waals surface area contributed by atoms with Gasteiger partial charge in [-0.15, -0.1) is 0 Å². The van der Waals surface area contributed by atoms with E-state index in [-0.39, 0.29) is 11.9 Å². The molecule has 0 aliphatic carbocycles. The Morgan fingerprint density at radius 1 is 1.09 bits per heavy atom. The Balaban J connectivity index is 1.86. The number of aromatic amines is 1. The largest absolute Gasteiger partial charge is 0.344 e. The molecular weight excluding hydrogens is 286 g/mol. The van der Waals surface area contributed by atoms with Gasteiger partial charge < -0.3 is 10.3 Å². The summed E-state index contributed by atoms with van der Waals surface area (Å²) in [5.41, 5.74) is 3.59. The smallest absolute Gasteiger partial charge is 0.252 e. The lowest BCUT2D eigenvalue weighted by Gasteiger charge is -2.14. The first-order valence-electron chi connectivity index (χ1n) is 7.62. The van der Waals surface area contributed by atoms with Crippen molar-refractivity contribution in [2.75, 3.05) is 0 Å². The number of nitrogens with one attached hydrogen (secondary N) is 2. The van der Waals surface area contributed by atoms with E-state index >= 15 is 0 Å². The lowest BCUT2D eigenvalue weighted by Crippen LogP contribution is -2.27. The number of imidazole rings is 1. The zero-order valence-corrected chi connectivity index (χ0v) is 13.2. The fourth-order valence-electron chi connectivity index (χ4n) is 2.55. The fourth-order valence-corrected chi connectivity index (χ4v) is 2.55. The number of hydrogen-bond acceptors (Lipinski definition) is 2. The maximum absolute atomic E-state index is 12.7. The van der Waals surface area contributed by atoms with E-state index in [4.69, 9.17) is 0 Å². The molecule has 2 aromatic carbocycles. The Bertz CT molecular complexity index is 808. The molecule has 0 unspecified atom stereocenters. The zero-order valence-electron chi connectivity index (χ0n) is 13.2. The molecule has 1 atom stereocenters. The number of aromatic nitrogens is 2. The van der Waals surface area contributed by atoms with E-state index in [1.165, 1.54) is 0 Å². The van der Waals surface area contributed by atoms with Crippen LogP contribution in [0.1, 0.15) is 34.8 Å². The number of aryl methyl sites for hydroxylation is 1. The van der Waals surface area contributed by atoms with Crippen molar-refractivity contribution < 1.29 is 4.79 Å². The summed E-state index contributed by atoms with van der Waals surface area (Å²) in [6.45, 7) is 3.86. The third kappa shape index (κ3) is 3.31. The molecule has 23 heavy (non-hydrogen) atoms. The minimum atomic E-state index is -0.181. The average molecular weight is 305 g/mol. The van der Waals surface area contributed by atoms with Crippen LogP contribution >= 0.6 is 0 Å². The van der Waals surface area contributed by atoms with Crippen molar-refractivity contribution in [1.29, 1.82) is 0 Å². The minimum Gasteiger partial charge on any atom is -0.344 e. The van der Waals surface area contributed by atoms with Crippen LogP contribution in [-0.2, 0) is 0 Å². The second-order valence-electron chi connectivity index (χ2n) is 5.56. The van der Waals surface area contributed by atoms with Gasteiger partial charge in [0.1, 0.15) is 5.82 Å². The molecule has 4 heteroatoms. The highest BCUT2D eigenvalue weighted by molar-refractivity contribution is 6.01. The van der Waals surface area contributed by atoms with Crippen LogP contribution in [-0.4, -0.2) is 15.9 Å². The standard InChI is InChI=1S/C19H19N3O/c1-13-12-20-18(21-13)14(2)22-19(23)17-11-7-6-10-16(17)15-8-4-3-5-9-15/h3-12,14H,1-2H3,(H,20,21)(H,22,23)/t14-/m1/s1. The summed E-state index contributed by atoms with van der Waals surface area (Å²) in [6, 6.07) is 17.4. The van der Waals surface area contributed by atoms with Gasteiger partial charge >= 0.3 is 0 Å². The van der Waals surface area contributed by atoms with Crippen molar-refractivity contribution in [3.05, 3.63) is 77.9 Å². The molecule has 4 nitrogen and oxygen atoms in total. The van der Waals surface area contributed by atoms with E-state index in [2.05, 4.69) is 15.3 Å². The third-order valence-corrected chi connectivity index (χ3v) is 3.74. The predicted molar refractivity (Wildman–Crippen MR) is 91.1 cm³/mol. The first-order valence-corrected chi connectivity index (χ1v) is 7.62. The van der Waals surface area contributed by atoms with Crippen LogP contribution in [0.3, 0.4) is 0 Å². The lowest BCUT2D eigenvalue weighted by molar-refractivity contribution is 0.0939.